The first-order valence-corrected chi connectivity index (χ1v) is 7.05. The third-order valence-electron chi connectivity index (χ3n) is 3.75. The smallest absolute Gasteiger partial charge is 0.124 e. The van der Waals surface area contributed by atoms with Crippen molar-refractivity contribution in [2.45, 2.75) is 25.4 Å². The molecule has 0 aliphatic carbocycles. The average Bonchev–Trinajstić information content (AvgIpc) is 2.53. The van der Waals surface area contributed by atoms with Crippen LogP contribution in [-0.2, 0) is 12.0 Å². The molecule has 1 atom stereocenters. The highest BCUT2D eigenvalue weighted by Crippen LogP contribution is 2.33. The number of aliphatic hydroxyl groups is 1. The molecule has 112 valence electrons. The van der Waals surface area contributed by atoms with Crippen LogP contribution in [0.15, 0.2) is 48.5 Å². The average molecular weight is 286 g/mol. The minimum absolute atomic E-state index is 0.625. The van der Waals surface area contributed by atoms with E-state index in [4.69, 9.17) is 9.47 Å². The molecule has 0 heterocycles. The minimum Gasteiger partial charge on any atom is -0.497 e. The standard InChI is InChI=1S/C18H22O3/c1-18(19,16-6-4-5-7-17(16)21-3)13-12-14-8-10-15(20-2)11-9-14/h4-11,19H,12-13H2,1-3H3. The van der Waals surface area contributed by atoms with Crippen molar-refractivity contribution in [1.29, 1.82) is 0 Å². The molecule has 3 nitrogen and oxygen atoms in total. The van der Waals surface area contributed by atoms with Gasteiger partial charge in [-0.05, 0) is 43.5 Å². The van der Waals surface area contributed by atoms with E-state index in [-0.39, 0.29) is 0 Å². The first-order chi connectivity index (χ1) is 10.1. The van der Waals surface area contributed by atoms with Crippen molar-refractivity contribution in [3.63, 3.8) is 0 Å². The highest BCUT2D eigenvalue weighted by atomic mass is 16.5. The summed E-state index contributed by atoms with van der Waals surface area (Å²) in [6.07, 6.45) is 1.41. The summed E-state index contributed by atoms with van der Waals surface area (Å²) in [6, 6.07) is 15.5. The molecule has 0 saturated carbocycles. The Bertz CT molecular complexity index is 573. The fourth-order valence-corrected chi connectivity index (χ4v) is 2.40. The fourth-order valence-electron chi connectivity index (χ4n) is 2.40. The van der Waals surface area contributed by atoms with E-state index < -0.39 is 5.60 Å². The minimum atomic E-state index is -0.924. The molecule has 0 aliphatic rings. The van der Waals surface area contributed by atoms with Crippen LogP contribution in [0.4, 0.5) is 0 Å². The van der Waals surface area contributed by atoms with E-state index in [0.29, 0.717) is 6.42 Å². The zero-order chi connectivity index (χ0) is 15.3. The second kappa shape index (κ2) is 6.64. The number of hydrogen-bond donors (Lipinski definition) is 1. The summed E-state index contributed by atoms with van der Waals surface area (Å²) in [7, 11) is 3.28. The predicted octanol–water partition coefficient (Wildman–Crippen LogP) is 3.54. The Balaban J connectivity index is 2.09. The zero-order valence-electron chi connectivity index (χ0n) is 12.8. The number of rotatable bonds is 6. The fraction of sp³-hybridized carbons (Fsp3) is 0.333. The summed E-state index contributed by atoms with van der Waals surface area (Å²) in [6.45, 7) is 1.83. The van der Waals surface area contributed by atoms with E-state index >= 15 is 0 Å². The second-order valence-electron chi connectivity index (χ2n) is 5.32. The summed E-state index contributed by atoms with van der Waals surface area (Å²) < 4.78 is 10.5. The zero-order valence-corrected chi connectivity index (χ0v) is 12.8. The largest absolute Gasteiger partial charge is 0.497 e. The maximum absolute atomic E-state index is 10.8. The lowest BCUT2D eigenvalue weighted by molar-refractivity contribution is 0.0455. The van der Waals surface area contributed by atoms with Crippen molar-refractivity contribution in [3.8, 4) is 11.5 Å². The van der Waals surface area contributed by atoms with E-state index in [9.17, 15) is 5.11 Å². The Hall–Kier alpha value is -2.00. The van der Waals surface area contributed by atoms with Gasteiger partial charge in [0.25, 0.3) is 0 Å². The van der Waals surface area contributed by atoms with E-state index in [2.05, 4.69) is 0 Å². The van der Waals surface area contributed by atoms with Crippen LogP contribution < -0.4 is 9.47 Å². The Labute approximate surface area is 126 Å². The van der Waals surface area contributed by atoms with E-state index in [1.54, 1.807) is 14.2 Å². The molecule has 2 aromatic carbocycles. The summed E-state index contributed by atoms with van der Waals surface area (Å²) in [5.74, 6) is 1.56. The van der Waals surface area contributed by atoms with E-state index in [0.717, 1.165) is 23.5 Å². The summed E-state index contributed by atoms with van der Waals surface area (Å²) in [5.41, 5.74) is 1.07. The Kier molecular flexibility index (Phi) is 4.86. The van der Waals surface area contributed by atoms with Crippen LogP contribution in [0.25, 0.3) is 0 Å². The van der Waals surface area contributed by atoms with Gasteiger partial charge in [-0.2, -0.15) is 0 Å². The van der Waals surface area contributed by atoms with Crippen LogP contribution in [0.1, 0.15) is 24.5 Å². The Morgan fingerprint density at radius 1 is 0.952 bits per heavy atom. The van der Waals surface area contributed by atoms with Gasteiger partial charge in [-0.1, -0.05) is 30.3 Å². The topological polar surface area (TPSA) is 38.7 Å². The molecule has 0 saturated heterocycles. The lowest BCUT2D eigenvalue weighted by Crippen LogP contribution is -2.22. The highest BCUT2D eigenvalue weighted by Gasteiger charge is 2.26. The van der Waals surface area contributed by atoms with Gasteiger partial charge < -0.3 is 14.6 Å². The number of para-hydroxylation sites is 1. The molecule has 0 amide bonds. The van der Waals surface area contributed by atoms with Crippen LogP contribution in [0.2, 0.25) is 0 Å². The molecule has 3 heteroatoms. The van der Waals surface area contributed by atoms with Crippen LogP contribution in [0.3, 0.4) is 0 Å². The molecule has 2 rings (SSSR count). The number of aryl methyl sites for hydroxylation is 1. The van der Waals surface area contributed by atoms with Gasteiger partial charge in [-0.3, -0.25) is 0 Å². The molecular formula is C18H22O3. The van der Waals surface area contributed by atoms with Gasteiger partial charge in [-0.15, -0.1) is 0 Å². The molecule has 0 radical (unpaired) electrons. The van der Waals surface area contributed by atoms with Gasteiger partial charge in [0.15, 0.2) is 0 Å². The lowest BCUT2D eigenvalue weighted by Gasteiger charge is -2.25. The number of benzene rings is 2. The molecule has 1 unspecified atom stereocenters. The van der Waals surface area contributed by atoms with Gasteiger partial charge in [0.2, 0.25) is 0 Å². The number of methoxy groups -OCH3 is 2. The van der Waals surface area contributed by atoms with Crippen LogP contribution in [0.5, 0.6) is 11.5 Å². The Morgan fingerprint density at radius 2 is 1.62 bits per heavy atom. The molecule has 0 fully saturated rings. The number of hydrogen-bond acceptors (Lipinski definition) is 3. The maximum Gasteiger partial charge on any atom is 0.124 e. The maximum atomic E-state index is 10.8. The normalized spacial score (nSPS) is 13.5. The third kappa shape index (κ3) is 3.76. The van der Waals surface area contributed by atoms with Gasteiger partial charge in [0.1, 0.15) is 11.5 Å². The van der Waals surface area contributed by atoms with Crippen LogP contribution in [-0.4, -0.2) is 19.3 Å². The first kappa shape index (κ1) is 15.4. The molecule has 21 heavy (non-hydrogen) atoms. The van der Waals surface area contributed by atoms with Crippen molar-refractivity contribution in [1.82, 2.24) is 0 Å². The molecule has 1 N–H and O–H groups in total. The molecule has 0 spiro atoms. The quantitative estimate of drug-likeness (QED) is 0.882. The molecular weight excluding hydrogens is 264 g/mol. The van der Waals surface area contributed by atoms with Gasteiger partial charge in [0, 0.05) is 5.56 Å². The van der Waals surface area contributed by atoms with Crippen molar-refractivity contribution >= 4 is 0 Å². The summed E-state index contributed by atoms with van der Waals surface area (Å²) in [5, 5.41) is 10.8. The molecule has 2 aromatic rings. The van der Waals surface area contributed by atoms with Crippen molar-refractivity contribution in [2.75, 3.05) is 14.2 Å². The van der Waals surface area contributed by atoms with Crippen LogP contribution in [0, 0.1) is 0 Å². The second-order valence-corrected chi connectivity index (χ2v) is 5.32. The van der Waals surface area contributed by atoms with Crippen molar-refractivity contribution in [3.05, 3.63) is 59.7 Å². The van der Waals surface area contributed by atoms with E-state index in [1.807, 2.05) is 55.5 Å². The van der Waals surface area contributed by atoms with E-state index in [1.165, 1.54) is 5.56 Å². The van der Waals surface area contributed by atoms with Gasteiger partial charge in [-0.25, -0.2) is 0 Å². The monoisotopic (exact) mass is 286 g/mol. The molecule has 0 aromatic heterocycles. The van der Waals surface area contributed by atoms with Gasteiger partial charge in [0.05, 0.1) is 19.8 Å². The van der Waals surface area contributed by atoms with Gasteiger partial charge >= 0.3 is 0 Å². The first-order valence-electron chi connectivity index (χ1n) is 7.05. The third-order valence-corrected chi connectivity index (χ3v) is 3.75. The van der Waals surface area contributed by atoms with Crippen molar-refractivity contribution in [2.24, 2.45) is 0 Å². The lowest BCUT2D eigenvalue weighted by atomic mass is 9.89. The predicted molar refractivity (Wildman–Crippen MR) is 83.9 cm³/mol. The Morgan fingerprint density at radius 3 is 2.24 bits per heavy atom. The molecule has 0 bridgehead atoms. The SMILES string of the molecule is COc1ccc(CCC(C)(O)c2ccccc2OC)cc1. The van der Waals surface area contributed by atoms with Crippen molar-refractivity contribution < 1.29 is 14.6 Å². The summed E-state index contributed by atoms with van der Waals surface area (Å²) >= 11 is 0. The summed E-state index contributed by atoms with van der Waals surface area (Å²) in [4.78, 5) is 0. The van der Waals surface area contributed by atoms with Crippen LogP contribution >= 0.6 is 0 Å². The molecule has 0 aliphatic heterocycles. The highest BCUT2D eigenvalue weighted by molar-refractivity contribution is 5.37. The number of ether oxygens (including phenoxy) is 2.